The number of thioether (sulfide) groups is 1. The summed E-state index contributed by atoms with van der Waals surface area (Å²) in [6, 6.07) is 24.6. The lowest BCUT2D eigenvalue weighted by molar-refractivity contribution is -0.118. The van der Waals surface area contributed by atoms with Crippen LogP contribution in [-0.4, -0.2) is 23.3 Å². The third kappa shape index (κ3) is 6.83. The SMILES string of the molecule is CC(=NNC(=O)CSCc1ccccc1C)c1cccc(NC(=O)c2ccccc2)c1. The third-order valence-corrected chi connectivity index (χ3v) is 5.66. The zero-order valence-electron chi connectivity index (χ0n) is 17.6. The van der Waals surface area contributed by atoms with Crippen LogP contribution < -0.4 is 10.7 Å². The molecular weight excluding hydrogens is 406 g/mol. The predicted molar refractivity (Wildman–Crippen MR) is 129 cm³/mol. The topological polar surface area (TPSA) is 70.6 Å². The molecule has 0 aliphatic carbocycles. The van der Waals surface area contributed by atoms with Crippen molar-refractivity contribution in [3.8, 4) is 0 Å². The van der Waals surface area contributed by atoms with Crippen LogP contribution in [0.5, 0.6) is 0 Å². The number of hydrazone groups is 1. The van der Waals surface area contributed by atoms with Gasteiger partial charge in [0.15, 0.2) is 0 Å². The van der Waals surface area contributed by atoms with Crippen molar-refractivity contribution in [1.82, 2.24) is 5.43 Å². The normalized spacial score (nSPS) is 11.1. The molecule has 0 heterocycles. The number of benzene rings is 3. The van der Waals surface area contributed by atoms with Gasteiger partial charge in [-0.3, -0.25) is 9.59 Å². The molecule has 3 rings (SSSR count). The van der Waals surface area contributed by atoms with Gasteiger partial charge in [0, 0.05) is 17.0 Å². The Morgan fingerprint density at radius 3 is 2.39 bits per heavy atom. The van der Waals surface area contributed by atoms with Gasteiger partial charge in [0.2, 0.25) is 5.91 Å². The maximum atomic E-state index is 12.3. The van der Waals surface area contributed by atoms with Gasteiger partial charge in [0.05, 0.1) is 11.5 Å². The zero-order chi connectivity index (χ0) is 22.1. The Balaban J connectivity index is 1.52. The average Bonchev–Trinajstić information content (AvgIpc) is 2.79. The van der Waals surface area contributed by atoms with Gasteiger partial charge in [-0.05, 0) is 54.8 Å². The van der Waals surface area contributed by atoms with E-state index in [9.17, 15) is 9.59 Å². The van der Waals surface area contributed by atoms with Crippen molar-refractivity contribution >= 4 is 35.0 Å². The van der Waals surface area contributed by atoms with E-state index < -0.39 is 0 Å². The Morgan fingerprint density at radius 2 is 1.61 bits per heavy atom. The second-order valence-corrected chi connectivity index (χ2v) is 8.04. The monoisotopic (exact) mass is 431 g/mol. The van der Waals surface area contributed by atoms with Gasteiger partial charge in [0.25, 0.3) is 5.91 Å². The molecule has 0 saturated heterocycles. The number of nitrogens with zero attached hydrogens (tertiary/aromatic N) is 1. The Kier molecular flexibility index (Phi) is 8.01. The van der Waals surface area contributed by atoms with Crippen molar-refractivity contribution in [3.63, 3.8) is 0 Å². The molecule has 0 atom stereocenters. The van der Waals surface area contributed by atoms with Gasteiger partial charge in [-0.25, -0.2) is 5.43 Å². The van der Waals surface area contributed by atoms with E-state index in [0.717, 1.165) is 11.3 Å². The number of nitrogens with one attached hydrogen (secondary N) is 2. The highest BCUT2D eigenvalue weighted by Gasteiger charge is 2.07. The van der Waals surface area contributed by atoms with E-state index in [-0.39, 0.29) is 11.8 Å². The van der Waals surface area contributed by atoms with Crippen LogP contribution in [0.1, 0.15) is 34.0 Å². The van der Waals surface area contributed by atoms with Crippen LogP contribution in [0.2, 0.25) is 0 Å². The van der Waals surface area contributed by atoms with Crippen LogP contribution in [0.15, 0.2) is 84.0 Å². The fourth-order valence-electron chi connectivity index (χ4n) is 2.88. The highest BCUT2D eigenvalue weighted by molar-refractivity contribution is 7.99. The molecule has 0 unspecified atom stereocenters. The van der Waals surface area contributed by atoms with E-state index >= 15 is 0 Å². The molecule has 0 spiro atoms. The van der Waals surface area contributed by atoms with E-state index in [1.165, 1.54) is 11.1 Å². The Labute approximate surface area is 187 Å². The van der Waals surface area contributed by atoms with Gasteiger partial charge < -0.3 is 5.32 Å². The molecule has 6 heteroatoms. The van der Waals surface area contributed by atoms with Crippen LogP contribution in [0.3, 0.4) is 0 Å². The summed E-state index contributed by atoms with van der Waals surface area (Å²) in [5.74, 6) is 0.794. The predicted octanol–water partition coefficient (Wildman–Crippen LogP) is 5.02. The van der Waals surface area contributed by atoms with Crippen LogP contribution in [-0.2, 0) is 10.5 Å². The lowest BCUT2D eigenvalue weighted by Crippen LogP contribution is -2.21. The molecule has 0 aliphatic heterocycles. The first-order valence-corrected chi connectivity index (χ1v) is 11.1. The van der Waals surface area contributed by atoms with Crippen LogP contribution in [0.4, 0.5) is 5.69 Å². The molecule has 158 valence electrons. The fourth-order valence-corrected chi connectivity index (χ4v) is 3.78. The van der Waals surface area contributed by atoms with E-state index in [1.807, 2.05) is 61.5 Å². The van der Waals surface area contributed by atoms with Gasteiger partial charge in [-0.1, -0.05) is 54.6 Å². The first-order valence-electron chi connectivity index (χ1n) is 9.95. The molecule has 0 radical (unpaired) electrons. The molecule has 3 aromatic carbocycles. The standard InChI is InChI=1S/C25H25N3O2S/c1-18-9-6-7-12-22(18)16-31-17-24(29)28-27-19(2)21-13-8-14-23(15-21)26-25(30)20-10-4-3-5-11-20/h3-15H,16-17H2,1-2H3,(H,26,30)(H,28,29). The molecule has 0 saturated carbocycles. The molecule has 31 heavy (non-hydrogen) atoms. The summed E-state index contributed by atoms with van der Waals surface area (Å²) >= 11 is 1.55. The molecule has 5 nitrogen and oxygen atoms in total. The summed E-state index contributed by atoms with van der Waals surface area (Å²) in [7, 11) is 0. The quantitative estimate of drug-likeness (QED) is 0.389. The number of hydrogen-bond acceptors (Lipinski definition) is 4. The number of amides is 2. The van der Waals surface area contributed by atoms with E-state index in [4.69, 9.17) is 0 Å². The Hall–Kier alpha value is -3.38. The van der Waals surface area contributed by atoms with Gasteiger partial charge in [-0.2, -0.15) is 5.10 Å². The van der Waals surface area contributed by atoms with Gasteiger partial charge in [0.1, 0.15) is 0 Å². The van der Waals surface area contributed by atoms with Crippen molar-refractivity contribution in [2.45, 2.75) is 19.6 Å². The van der Waals surface area contributed by atoms with Crippen molar-refractivity contribution in [2.75, 3.05) is 11.1 Å². The summed E-state index contributed by atoms with van der Waals surface area (Å²) in [6.07, 6.45) is 0. The van der Waals surface area contributed by atoms with Crippen molar-refractivity contribution in [2.24, 2.45) is 5.10 Å². The molecule has 2 amide bonds. The molecule has 3 aromatic rings. The first kappa shape index (κ1) is 22.3. The Morgan fingerprint density at radius 1 is 0.903 bits per heavy atom. The lowest BCUT2D eigenvalue weighted by Gasteiger charge is -2.08. The minimum absolute atomic E-state index is 0.147. The highest BCUT2D eigenvalue weighted by atomic mass is 32.2. The lowest BCUT2D eigenvalue weighted by atomic mass is 10.1. The van der Waals surface area contributed by atoms with Crippen molar-refractivity contribution < 1.29 is 9.59 Å². The second-order valence-electron chi connectivity index (χ2n) is 7.05. The fraction of sp³-hybridized carbons (Fsp3) is 0.160. The molecular formula is C25H25N3O2S. The Bertz CT molecular complexity index is 1080. The zero-order valence-corrected chi connectivity index (χ0v) is 18.4. The van der Waals surface area contributed by atoms with E-state index in [0.29, 0.717) is 22.7 Å². The minimum Gasteiger partial charge on any atom is -0.322 e. The molecule has 0 aromatic heterocycles. The first-order chi connectivity index (χ1) is 15.0. The van der Waals surface area contributed by atoms with Crippen LogP contribution in [0.25, 0.3) is 0 Å². The summed E-state index contributed by atoms with van der Waals surface area (Å²) < 4.78 is 0. The van der Waals surface area contributed by atoms with Crippen molar-refractivity contribution in [1.29, 1.82) is 0 Å². The van der Waals surface area contributed by atoms with Crippen molar-refractivity contribution in [3.05, 3.63) is 101 Å². The number of carbonyl (C=O) groups is 2. The van der Waals surface area contributed by atoms with Crippen LogP contribution >= 0.6 is 11.8 Å². The number of rotatable bonds is 8. The van der Waals surface area contributed by atoms with E-state index in [2.05, 4.69) is 34.9 Å². The van der Waals surface area contributed by atoms with E-state index in [1.54, 1.807) is 23.9 Å². The summed E-state index contributed by atoms with van der Waals surface area (Å²) in [5, 5.41) is 7.09. The summed E-state index contributed by atoms with van der Waals surface area (Å²) in [5.41, 5.74) is 7.80. The number of anilines is 1. The summed E-state index contributed by atoms with van der Waals surface area (Å²) in [6.45, 7) is 3.89. The number of hydrogen-bond donors (Lipinski definition) is 2. The van der Waals surface area contributed by atoms with Gasteiger partial charge in [-0.15, -0.1) is 11.8 Å². The largest absolute Gasteiger partial charge is 0.322 e. The minimum atomic E-state index is -0.175. The number of aryl methyl sites for hydroxylation is 1. The highest BCUT2D eigenvalue weighted by Crippen LogP contribution is 2.16. The maximum absolute atomic E-state index is 12.3. The molecule has 0 aliphatic rings. The smallest absolute Gasteiger partial charge is 0.255 e. The second kappa shape index (κ2) is 11.1. The average molecular weight is 432 g/mol. The third-order valence-electron chi connectivity index (χ3n) is 4.67. The van der Waals surface area contributed by atoms with Gasteiger partial charge >= 0.3 is 0 Å². The molecule has 0 fully saturated rings. The number of carbonyl (C=O) groups excluding carboxylic acids is 2. The van der Waals surface area contributed by atoms with Crippen LogP contribution in [0, 0.1) is 6.92 Å². The maximum Gasteiger partial charge on any atom is 0.255 e. The summed E-state index contributed by atoms with van der Waals surface area (Å²) in [4.78, 5) is 24.5. The molecule has 0 bridgehead atoms. The molecule has 2 N–H and O–H groups in total.